The van der Waals surface area contributed by atoms with Crippen molar-refractivity contribution in [3.8, 4) is 0 Å². The Bertz CT molecular complexity index is 1080. The average Bonchev–Trinajstić information content (AvgIpc) is 3.35. The molecule has 69 heavy (non-hydrogen) atoms. The molecule has 10 atom stereocenters. The zero-order valence-corrected chi connectivity index (χ0v) is 47.7. The Morgan fingerprint density at radius 2 is 0.565 bits per heavy atom. The summed E-state index contributed by atoms with van der Waals surface area (Å²) in [5.41, 5.74) is 0. The summed E-state index contributed by atoms with van der Waals surface area (Å²) < 4.78 is 32.9. The number of carbonyl (C=O) groups is 2. The van der Waals surface area contributed by atoms with Crippen LogP contribution in [0.2, 0.25) is 0 Å². The molecular weight excluding hydrogens is 857 g/mol. The van der Waals surface area contributed by atoms with Crippen LogP contribution in [0.3, 0.4) is 0 Å². The average molecular weight is 976 g/mol. The lowest BCUT2D eigenvalue weighted by Crippen LogP contribution is -2.53. The van der Waals surface area contributed by atoms with Crippen LogP contribution in [0.4, 0.5) is 0 Å². The number of hydrogen-bond acceptors (Lipinski definition) is 7. The largest absolute Gasteiger partial charge is 0.463 e. The summed E-state index contributed by atoms with van der Waals surface area (Å²) in [4.78, 5) is 27.8. The van der Waals surface area contributed by atoms with E-state index in [0.29, 0.717) is 11.8 Å². The topological polar surface area (TPSA) is 80.3 Å². The van der Waals surface area contributed by atoms with E-state index in [2.05, 4.69) is 69.2 Å². The molecule has 2 fully saturated rings. The summed E-state index contributed by atoms with van der Waals surface area (Å²) in [6.07, 6.45) is 42.9. The summed E-state index contributed by atoms with van der Waals surface area (Å²) in [6.45, 7) is 23.1. The van der Waals surface area contributed by atoms with Gasteiger partial charge in [-0.05, 0) is 49.4 Å². The van der Waals surface area contributed by atoms with Crippen LogP contribution in [-0.2, 0) is 33.3 Å². The molecule has 0 aromatic heterocycles. The fourth-order valence-corrected chi connectivity index (χ4v) is 11.2. The Hall–Kier alpha value is -1.18. The lowest BCUT2D eigenvalue weighted by molar-refractivity contribution is -0.344. The maximum Gasteiger partial charge on any atom is 0.309 e. The normalized spacial score (nSPS) is 25.2. The van der Waals surface area contributed by atoms with Crippen LogP contribution in [0.1, 0.15) is 300 Å². The van der Waals surface area contributed by atoms with E-state index in [9.17, 15) is 9.59 Å². The highest BCUT2D eigenvalue weighted by Crippen LogP contribution is 2.41. The third-order valence-electron chi connectivity index (χ3n) is 17.3. The molecule has 2 rings (SSSR count). The first-order chi connectivity index (χ1) is 33.5. The Labute approximate surface area is 429 Å². The zero-order valence-electron chi connectivity index (χ0n) is 47.7. The van der Waals surface area contributed by atoms with E-state index < -0.39 is 12.6 Å². The Morgan fingerprint density at radius 3 is 0.812 bits per heavy atom. The predicted octanol–water partition coefficient (Wildman–Crippen LogP) is 18.7. The van der Waals surface area contributed by atoms with Gasteiger partial charge in [-0.3, -0.25) is 9.59 Å². The van der Waals surface area contributed by atoms with E-state index in [1.165, 1.54) is 180 Å². The van der Waals surface area contributed by atoms with Gasteiger partial charge in [0.15, 0.2) is 12.6 Å². The van der Waals surface area contributed by atoms with Crippen molar-refractivity contribution in [2.45, 2.75) is 325 Å². The highest BCUT2D eigenvalue weighted by Gasteiger charge is 2.46. The fourth-order valence-electron chi connectivity index (χ4n) is 11.2. The standard InChI is InChI=1S/C62H118O7/c1-11-15-19-23-27-31-35-39-43-55(44-40-36-32-28-24-20-16-12-2)59(63)65-47-57-51(7)49(5)53(9)61(67-57)69-62-54(10)50(6)52(8)58(68-62)48-66-60(64)56(45-41-37-33-29-25-21-17-13-3)46-42-38-34-30-26-22-18-14-4/h49-58,61-62H,11-48H2,1-10H3/t49-,50-,51-,52-,53?,54?,57?,58?,61+,62+/m0/s1. The Kier molecular flexibility index (Phi) is 38.2. The number of hydrogen-bond donors (Lipinski definition) is 0. The number of rotatable bonds is 44. The molecule has 408 valence electrons. The molecule has 2 aliphatic rings. The molecule has 0 N–H and O–H groups in total. The van der Waals surface area contributed by atoms with Crippen LogP contribution in [0.25, 0.3) is 0 Å². The van der Waals surface area contributed by atoms with Gasteiger partial charge in [-0.1, -0.05) is 275 Å². The van der Waals surface area contributed by atoms with E-state index >= 15 is 0 Å². The summed E-state index contributed by atoms with van der Waals surface area (Å²) in [5.74, 6) is 1.17. The van der Waals surface area contributed by atoms with Crippen molar-refractivity contribution >= 4 is 11.9 Å². The van der Waals surface area contributed by atoms with Crippen molar-refractivity contribution in [3.05, 3.63) is 0 Å². The lowest BCUT2D eigenvalue weighted by Gasteiger charge is -2.48. The summed E-state index contributed by atoms with van der Waals surface area (Å²) >= 11 is 0. The van der Waals surface area contributed by atoms with Crippen LogP contribution in [0, 0.1) is 47.3 Å². The van der Waals surface area contributed by atoms with Gasteiger partial charge in [-0.15, -0.1) is 0 Å². The monoisotopic (exact) mass is 975 g/mol. The SMILES string of the molecule is CCCCCCCCCCC(CCCCCCCCCC)C(=O)OCC1O[C@H](O[C@H]2OC(COC(=O)C(CCCCCCCCCC)CCCCCCCCCC)[C@@H](C)[C@H](C)C2C)C(C)[C@@H](C)[C@@H]1C. The minimum absolute atomic E-state index is 0.0380. The quantitative estimate of drug-likeness (QED) is 0.0444. The molecule has 0 saturated carbocycles. The van der Waals surface area contributed by atoms with Gasteiger partial charge in [-0.2, -0.15) is 0 Å². The summed E-state index contributed by atoms with van der Waals surface area (Å²) in [5, 5.41) is 0. The van der Waals surface area contributed by atoms with Crippen LogP contribution >= 0.6 is 0 Å². The number of unbranched alkanes of at least 4 members (excludes halogenated alkanes) is 28. The molecule has 0 aromatic carbocycles. The van der Waals surface area contributed by atoms with Gasteiger partial charge in [0.1, 0.15) is 13.2 Å². The lowest BCUT2D eigenvalue weighted by atomic mass is 9.78. The van der Waals surface area contributed by atoms with Crippen molar-refractivity contribution in [1.29, 1.82) is 0 Å². The molecule has 2 aliphatic heterocycles. The van der Waals surface area contributed by atoms with Crippen molar-refractivity contribution in [1.82, 2.24) is 0 Å². The maximum absolute atomic E-state index is 13.9. The van der Waals surface area contributed by atoms with Crippen LogP contribution in [0.15, 0.2) is 0 Å². The predicted molar refractivity (Wildman–Crippen MR) is 291 cm³/mol. The van der Waals surface area contributed by atoms with Crippen molar-refractivity contribution in [2.24, 2.45) is 47.3 Å². The number of carbonyl (C=O) groups excluding carboxylic acids is 2. The highest BCUT2D eigenvalue weighted by molar-refractivity contribution is 5.72. The highest BCUT2D eigenvalue weighted by atomic mass is 16.8. The third-order valence-corrected chi connectivity index (χ3v) is 17.3. The van der Waals surface area contributed by atoms with Gasteiger partial charge in [0.25, 0.3) is 0 Å². The molecule has 2 heterocycles. The maximum atomic E-state index is 13.9. The molecule has 7 nitrogen and oxygen atoms in total. The molecule has 4 unspecified atom stereocenters. The summed E-state index contributed by atoms with van der Waals surface area (Å²) in [6, 6.07) is 0. The minimum Gasteiger partial charge on any atom is -0.463 e. The smallest absolute Gasteiger partial charge is 0.309 e. The van der Waals surface area contributed by atoms with Gasteiger partial charge in [0.05, 0.1) is 24.0 Å². The van der Waals surface area contributed by atoms with E-state index in [0.717, 1.165) is 51.4 Å². The molecule has 0 radical (unpaired) electrons. The minimum atomic E-state index is -0.482. The molecule has 0 aliphatic carbocycles. The molecule has 2 saturated heterocycles. The van der Waals surface area contributed by atoms with Crippen LogP contribution < -0.4 is 0 Å². The first-order valence-electron chi connectivity index (χ1n) is 30.8. The first kappa shape index (κ1) is 63.9. The van der Waals surface area contributed by atoms with Crippen LogP contribution in [0.5, 0.6) is 0 Å². The molecule has 0 bridgehead atoms. The van der Waals surface area contributed by atoms with E-state index in [1.807, 2.05) is 0 Å². The fraction of sp³-hybridized carbons (Fsp3) is 0.968. The van der Waals surface area contributed by atoms with E-state index in [-0.39, 0.29) is 72.9 Å². The molecule has 0 aromatic rings. The molecule has 0 spiro atoms. The number of ether oxygens (including phenoxy) is 5. The number of esters is 2. The van der Waals surface area contributed by atoms with Crippen molar-refractivity contribution < 1.29 is 33.3 Å². The van der Waals surface area contributed by atoms with Gasteiger partial charge in [-0.25, -0.2) is 0 Å². The van der Waals surface area contributed by atoms with Gasteiger partial charge in [0, 0.05) is 11.8 Å². The summed E-state index contributed by atoms with van der Waals surface area (Å²) in [7, 11) is 0. The first-order valence-corrected chi connectivity index (χ1v) is 30.8. The van der Waals surface area contributed by atoms with Gasteiger partial charge >= 0.3 is 11.9 Å². The second-order valence-corrected chi connectivity index (χ2v) is 23.1. The third kappa shape index (κ3) is 27.6. The van der Waals surface area contributed by atoms with Gasteiger partial charge < -0.3 is 23.7 Å². The molecule has 0 amide bonds. The molecule has 7 heteroatoms. The Balaban J connectivity index is 2.01. The zero-order chi connectivity index (χ0) is 50.5. The van der Waals surface area contributed by atoms with E-state index in [1.54, 1.807) is 0 Å². The van der Waals surface area contributed by atoms with Crippen LogP contribution in [-0.4, -0.2) is 49.9 Å². The second-order valence-electron chi connectivity index (χ2n) is 23.1. The van der Waals surface area contributed by atoms with Crippen molar-refractivity contribution in [2.75, 3.05) is 13.2 Å². The second kappa shape index (κ2) is 41.2. The van der Waals surface area contributed by atoms with Crippen molar-refractivity contribution in [3.63, 3.8) is 0 Å². The van der Waals surface area contributed by atoms with Gasteiger partial charge in [0.2, 0.25) is 0 Å². The Morgan fingerprint density at radius 1 is 0.333 bits per heavy atom. The molecular formula is C62H118O7. The van der Waals surface area contributed by atoms with E-state index in [4.69, 9.17) is 23.7 Å².